The van der Waals surface area contributed by atoms with Gasteiger partial charge in [0.25, 0.3) is 0 Å². The number of carbonyl (C=O) groups excluding carboxylic acids is 1. The summed E-state index contributed by atoms with van der Waals surface area (Å²) >= 11 is 0. The molecule has 0 amide bonds. The number of fused-ring (bicyclic) bond motifs is 2. The zero-order valence-electron chi connectivity index (χ0n) is 30.6. The third kappa shape index (κ3) is 9.95. The van der Waals surface area contributed by atoms with E-state index in [9.17, 15) is 9.90 Å². The molecule has 49 heavy (non-hydrogen) atoms. The van der Waals surface area contributed by atoms with E-state index in [0.29, 0.717) is 5.92 Å². The van der Waals surface area contributed by atoms with Crippen LogP contribution in [0.2, 0.25) is 0 Å². The van der Waals surface area contributed by atoms with Crippen molar-refractivity contribution in [1.29, 1.82) is 0 Å². The number of aliphatic hydroxyl groups excluding tert-OH is 1. The maximum absolute atomic E-state index is 11.7. The number of furan rings is 1. The van der Waals surface area contributed by atoms with Crippen LogP contribution in [0, 0.1) is 23.8 Å². The van der Waals surface area contributed by atoms with Gasteiger partial charge in [-0.15, -0.1) is 29.1 Å². The summed E-state index contributed by atoms with van der Waals surface area (Å²) in [5.41, 5.74) is 6.53. The van der Waals surface area contributed by atoms with Crippen molar-refractivity contribution >= 4 is 27.5 Å². The van der Waals surface area contributed by atoms with Gasteiger partial charge in [0.2, 0.25) is 0 Å². The van der Waals surface area contributed by atoms with Crippen LogP contribution in [0.4, 0.5) is 0 Å². The van der Waals surface area contributed by atoms with Crippen LogP contribution in [0.25, 0.3) is 44.4 Å². The van der Waals surface area contributed by atoms with Crippen molar-refractivity contribution in [2.24, 2.45) is 17.8 Å². The summed E-state index contributed by atoms with van der Waals surface area (Å²) in [6, 6.07) is 20.2. The summed E-state index contributed by atoms with van der Waals surface area (Å²) in [4.78, 5) is 25.8. The van der Waals surface area contributed by atoms with E-state index in [1.165, 1.54) is 17.0 Å². The number of allylic oxidation sites excluding steroid dienone is 2. The molecule has 0 aliphatic heterocycles. The Balaban J connectivity index is 0.000000347. The van der Waals surface area contributed by atoms with Crippen LogP contribution in [-0.4, -0.2) is 25.8 Å². The largest absolute Gasteiger partial charge is 0.512 e. The zero-order valence-corrected chi connectivity index (χ0v) is 33.0. The average Bonchev–Trinajstić information content (AvgIpc) is 3.54. The first kappa shape index (κ1) is 39.8. The fourth-order valence-corrected chi connectivity index (χ4v) is 6.12. The van der Waals surface area contributed by atoms with Crippen molar-refractivity contribution in [3.05, 3.63) is 90.3 Å². The van der Waals surface area contributed by atoms with Crippen LogP contribution in [0.5, 0.6) is 0 Å². The summed E-state index contributed by atoms with van der Waals surface area (Å²) < 4.78 is 5.73. The van der Waals surface area contributed by atoms with E-state index in [1.54, 1.807) is 12.6 Å². The minimum atomic E-state index is -0.00304. The normalized spacial score (nSPS) is 12.0. The minimum absolute atomic E-state index is 0. The Morgan fingerprint density at radius 2 is 1.53 bits per heavy atom. The Hall–Kier alpha value is -3.67. The van der Waals surface area contributed by atoms with Gasteiger partial charge in [0.15, 0.2) is 5.78 Å². The van der Waals surface area contributed by atoms with E-state index in [4.69, 9.17) is 9.40 Å². The molecule has 0 spiro atoms. The predicted octanol–water partition coefficient (Wildman–Crippen LogP) is 11.3. The molecule has 3 aromatic heterocycles. The van der Waals surface area contributed by atoms with Gasteiger partial charge in [0.1, 0.15) is 11.9 Å². The summed E-state index contributed by atoms with van der Waals surface area (Å²) in [7, 11) is 0. The summed E-state index contributed by atoms with van der Waals surface area (Å²) in [5, 5.41) is 13.1. The van der Waals surface area contributed by atoms with Crippen molar-refractivity contribution in [1.82, 2.24) is 15.0 Å². The van der Waals surface area contributed by atoms with E-state index >= 15 is 0 Å². The van der Waals surface area contributed by atoms with E-state index in [0.717, 1.165) is 76.8 Å². The number of hydrogen-bond donors (Lipinski definition) is 1. The molecular formula is C42H52IrN3O3-. The second-order valence-corrected chi connectivity index (χ2v) is 14.1. The van der Waals surface area contributed by atoms with Crippen LogP contribution in [-0.2, 0) is 36.7 Å². The third-order valence-corrected chi connectivity index (χ3v) is 9.00. The summed E-state index contributed by atoms with van der Waals surface area (Å²) in [6.07, 6.45) is 9.13. The molecule has 263 valence electrons. The van der Waals surface area contributed by atoms with Crippen LogP contribution >= 0.6 is 0 Å². The van der Waals surface area contributed by atoms with Crippen LogP contribution in [0.3, 0.4) is 0 Å². The molecule has 7 heteroatoms. The molecule has 0 unspecified atom stereocenters. The molecule has 5 rings (SSSR count). The Morgan fingerprint density at radius 1 is 0.878 bits per heavy atom. The second-order valence-electron chi connectivity index (χ2n) is 14.1. The molecule has 1 radical (unpaired) electrons. The molecule has 0 atom stereocenters. The van der Waals surface area contributed by atoms with Gasteiger partial charge >= 0.3 is 0 Å². The van der Waals surface area contributed by atoms with E-state index in [2.05, 4.69) is 81.0 Å². The van der Waals surface area contributed by atoms with Crippen LogP contribution in [0.1, 0.15) is 99.3 Å². The molecule has 0 fully saturated rings. The molecular weight excluding hydrogens is 787 g/mol. The van der Waals surface area contributed by atoms with E-state index in [1.807, 2.05) is 45.9 Å². The van der Waals surface area contributed by atoms with Gasteiger partial charge in [0, 0.05) is 55.2 Å². The molecule has 0 bridgehead atoms. The topological polar surface area (TPSA) is 89.1 Å². The standard InChI is InChI=1S/C29H28N3O.C13H24O2.Ir/c1-18(2)12-25-22-10-11-33-28(22)16-27(32-25)26-15-24(30-17-31-26)20-13-19-8-6-7-9-21(19)23(14-20)29(3,4)5;1-5-10(6-2)12(14)9-13(15)11(7-3)8-4;/h6-11,14-18H,12H2,1-5H3;9-11,14H,5-8H2,1-4H3;/q-1;;/b;12-9-;. The number of rotatable bonds is 11. The molecule has 1 N–H and O–H groups in total. The zero-order chi connectivity index (χ0) is 35.0. The van der Waals surface area contributed by atoms with Gasteiger partial charge in [-0.05, 0) is 55.6 Å². The Morgan fingerprint density at radius 3 is 2.16 bits per heavy atom. The molecule has 0 saturated heterocycles. The average molecular weight is 839 g/mol. The molecule has 3 heterocycles. The number of pyridine rings is 1. The fraction of sp³-hybridized carbons (Fsp3) is 0.429. The number of nitrogens with zero attached hydrogens (tertiary/aromatic N) is 3. The fourth-order valence-electron chi connectivity index (χ4n) is 6.12. The van der Waals surface area contributed by atoms with Crippen LogP contribution in [0.15, 0.2) is 77.4 Å². The Kier molecular flexibility index (Phi) is 14.5. The predicted molar refractivity (Wildman–Crippen MR) is 198 cm³/mol. The summed E-state index contributed by atoms with van der Waals surface area (Å²) in [6.45, 7) is 19.2. The maximum atomic E-state index is 11.7. The second kappa shape index (κ2) is 17.8. The molecule has 5 aromatic rings. The van der Waals surface area contributed by atoms with Gasteiger partial charge in [-0.2, -0.15) is 0 Å². The molecule has 0 aliphatic carbocycles. The first-order valence-corrected chi connectivity index (χ1v) is 17.5. The molecule has 6 nitrogen and oxygen atoms in total. The molecule has 2 aromatic carbocycles. The smallest absolute Gasteiger partial charge is 0.162 e. The SMILES string of the molecule is CC(C)Cc1nc(-c2cc(-c3[c-]c4ccccc4c(C(C)(C)C)c3)ncn2)cc2occc12.CCC(CC)C(=O)/C=C(\O)C(CC)CC.[Ir]. The molecule has 0 aliphatic rings. The first-order valence-electron chi connectivity index (χ1n) is 17.5. The first-order chi connectivity index (χ1) is 22.9. The number of benzene rings is 2. The van der Waals surface area contributed by atoms with Crippen molar-refractivity contribution in [2.75, 3.05) is 0 Å². The Bertz CT molecular complexity index is 1860. The van der Waals surface area contributed by atoms with E-state index < -0.39 is 0 Å². The van der Waals surface area contributed by atoms with Crippen molar-refractivity contribution < 1.29 is 34.4 Å². The molecule has 0 saturated carbocycles. The third-order valence-electron chi connectivity index (χ3n) is 9.00. The van der Waals surface area contributed by atoms with Crippen molar-refractivity contribution in [2.45, 2.75) is 99.8 Å². The van der Waals surface area contributed by atoms with Gasteiger partial charge < -0.3 is 9.52 Å². The quantitative estimate of drug-likeness (QED) is 0.0810. The number of aliphatic hydroxyl groups is 1. The van der Waals surface area contributed by atoms with Crippen molar-refractivity contribution in [3.8, 4) is 22.6 Å². The van der Waals surface area contributed by atoms with E-state index in [-0.39, 0.29) is 48.9 Å². The monoisotopic (exact) mass is 839 g/mol. The van der Waals surface area contributed by atoms with Crippen molar-refractivity contribution in [3.63, 3.8) is 0 Å². The van der Waals surface area contributed by atoms with Gasteiger partial charge in [-0.25, -0.2) is 4.98 Å². The van der Waals surface area contributed by atoms with Crippen LogP contribution < -0.4 is 0 Å². The maximum Gasteiger partial charge on any atom is 0.162 e. The van der Waals surface area contributed by atoms with Gasteiger partial charge in [-0.3, -0.25) is 14.8 Å². The number of carbonyl (C=O) groups is 1. The minimum Gasteiger partial charge on any atom is -0.512 e. The van der Waals surface area contributed by atoms with Gasteiger partial charge in [-0.1, -0.05) is 91.5 Å². The number of hydrogen-bond acceptors (Lipinski definition) is 6. The van der Waals surface area contributed by atoms with Gasteiger partial charge in [0.05, 0.1) is 29.1 Å². The summed E-state index contributed by atoms with van der Waals surface area (Å²) in [5.74, 6) is 1.04. The number of aromatic nitrogens is 3. The Labute approximate surface area is 306 Å². The number of ketones is 1.